The molecule has 2 aromatic rings. The van der Waals surface area contributed by atoms with Crippen molar-refractivity contribution in [3.05, 3.63) is 58.1 Å². The number of hydrogen-bond acceptors (Lipinski definition) is 7. The molecule has 27 heavy (non-hydrogen) atoms. The Kier molecular flexibility index (Phi) is 6.32. The summed E-state index contributed by atoms with van der Waals surface area (Å²) in [6.45, 7) is -0.572. The molecule has 0 aliphatic carbocycles. The predicted molar refractivity (Wildman–Crippen MR) is 99.3 cm³/mol. The number of carbonyl (C=O) groups is 2. The van der Waals surface area contributed by atoms with Gasteiger partial charge in [-0.2, -0.15) is 0 Å². The lowest BCUT2D eigenvalue weighted by Gasteiger charge is -2.12. The van der Waals surface area contributed by atoms with Crippen molar-refractivity contribution in [3.8, 4) is 5.75 Å². The van der Waals surface area contributed by atoms with Crippen LogP contribution < -0.4 is 15.0 Å². The largest absolute Gasteiger partial charge is 0.496 e. The summed E-state index contributed by atoms with van der Waals surface area (Å²) < 4.78 is 9.88. The van der Waals surface area contributed by atoms with Gasteiger partial charge in [0.15, 0.2) is 6.61 Å². The van der Waals surface area contributed by atoms with Gasteiger partial charge in [-0.1, -0.05) is 0 Å². The summed E-state index contributed by atoms with van der Waals surface area (Å²) in [4.78, 5) is 36.3. The monoisotopic (exact) mass is 373 g/mol. The number of rotatable bonds is 7. The Hall–Kier alpha value is -3.62. The quantitative estimate of drug-likeness (QED) is 0.451. The normalized spacial score (nSPS) is 10.0. The van der Waals surface area contributed by atoms with E-state index in [4.69, 9.17) is 9.47 Å². The third-order valence-electron chi connectivity index (χ3n) is 3.63. The molecule has 0 aliphatic heterocycles. The molecule has 0 unspecified atom stereocenters. The van der Waals surface area contributed by atoms with Crippen LogP contribution in [0.2, 0.25) is 0 Å². The number of hydrogen-bond donors (Lipinski definition) is 1. The molecule has 2 rings (SSSR count). The van der Waals surface area contributed by atoms with Crippen LogP contribution in [-0.4, -0.2) is 44.6 Å². The lowest BCUT2D eigenvalue weighted by atomic mass is 10.2. The number of methoxy groups -OCH3 is 1. The van der Waals surface area contributed by atoms with Crippen LogP contribution in [0.1, 0.15) is 10.4 Å². The van der Waals surface area contributed by atoms with Gasteiger partial charge in [-0.05, 0) is 36.4 Å². The van der Waals surface area contributed by atoms with Gasteiger partial charge in [-0.15, -0.1) is 0 Å². The molecule has 0 radical (unpaired) electrons. The Labute approximate surface area is 155 Å². The molecule has 0 aliphatic rings. The molecule has 0 saturated heterocycles. The van der Waals surface area contributed by atoms with Crippen LogP contribution in [0.25, 0.3) is 0 Å². The Bertz CT molecular complexity index is 849. The molecule has 0 fully saturated rings. The van der Waals surface area contributed by atoms with Crippen LogP contribution in [0.5, 0.6) is 5.75 Å². The molecule has 9 nitrogen and oxygen atoms in total. The summed E-state index contributed by atoms with van der Waals surface area (Å²) in [7, 11) is 5.12. The van der Waals surface area contributed by atoms with E-state index >= 15 is 0 Å². The molecule has 0 spiro atoms. The van der Waals surface area contributed by atoms with Crippen LogP contribution in [0.3, 0.4) is 0 Å². The first-order chi connectivity index (χ1) is 12.8. The third-order valence-corrected chi connectivity index (χ3v) is 3.63. The standard InChI is InChI=1S/C18H19N3O6/c1-20(2)13-6-4-12(5-7-13)18(23)27-11-17(22)19-15-9-8-14(26-3)10-16(15)21(24)25/h4-10H,11H2,1-3H3,(H,19,22). The van der Waals surface area contributed by atoms with Gasteiger partial charge in [0.25, 0.3) is 11.6 Å². The van der Waals surface area contributed by atoms with E-state index in [9.17, 15) is 19.7 Å². The fourth-order valence-corrected chi connectivity index (χ4v) is 2.19. The zero-order chi connectivity index (χ0) is 20.0. The molecule has 1 amide bonds. The summed E-state index contributed by atoms with van der Waals surface area (Å²) in [6.07, 6.45) is 0. The third kappa shape index (κ3) is 5.18. The minimum absolute atomic E-state index is 0.0165. The second-order valence-electron chi connectivity index (χ2n) is 5.71. The summed E-state index contributed by atoms with van der Waals surface area (Å²) in [5, 5.41) is 13.5. The lowest BCUT2D eigenvalue weighted by molar-refractivity contribution is -0.384. The Balaban J connectivity index is 1.98. The van der Waals surface area contributed by atoms with Gasteiger partial charge in [0, 0.05) is 19.8 Å². The van der Waals surface area contributed by atoms with E-state index in [0.29, 0.717) is 5.56 Å². The second-order valence-corrected chi connectivity index (χ2v) is 5.71. The first-order valence-electron chi connectivity index (χ1n) is 7.88. The van der Waals surface area contributed by atoms with Crippen molar-refractivity contribution in [1.82, 2.24) is 0 Å². The van der Waals surface area contributed by atoms with Gasteiger partial charge in [-0.25, -0.2) is 4.79 Å². The molecule has 0 bridgehead atoms. The summed E-state index contributed by atoms with van der Waals surface area (Å²) in [5.74, 6) is -1.08. The number of ether oxygens (including phenoxy) is 2. The Morgan fingerprint density at radius 2 is 1.81 bits per heavy atom. The SMILES string of the molecule is COc1ccc(NC(=O)COC(=O)c2ccc(N(C)C)cc2)c([N+](=O)[O-])c1. The Morgan fingerprint density at radius 3 is 2.37 bits per heavy atom. The van der Waals surface area contributed by atoms with Crippen molar-refractivity contribution in [2.45, 2.75) is 0 Å². The molecular formula is C18H19N3O6. The molecule has 0 aromatic heterocycles. The van der Waals surface area contributed by atoms with Gasteiger partial charge >= 0.3 is 5.97 Å². The number of carbonyl (C=O) groups excluding carboxylic acids is 2. The maximum atomic E-state index is 12.0. The summed E-state index contributed by atoms with van der Waals surface area (Å²) in [6, 6.07) is 10.7. The topological polar surface area (TPSA) is 111 Å². The van der Waals surface area contributed by atoms with Crippen molar-refractivity contribution in [1.29, 1.82) is 0 Å². The summed E-state index contributed by atoms with van der Waals surface area (Å²) >= 11 is 0. The number of nitrogens with one attached hydrogen (secondary N) is 1. The highest BCUT2D eigenvalue weighted by molar-refractivity contribution is 5.97. The van der Waals surface area contributed by atoms with Gasteiger partial charge in [-0.3, -0.25) is 14.9 Å². The molecule has 1 N–H and O–H groups in total. The van der Waals surface area contributed by atoms with E-state index in [1.54, 1.807) is 24.3 Å². The fraction of sp³-hybridized carbons (Fsp3) is 0.222. The number of benzene rings is 2. The first-order valence-corrected chi connectivity index (χ1v) is 7.88. The highest BCUT2D eigenvalue weighted by Crippen LogP contribution is 2.28. The van der Waals surface area contributed by atoms with Crippen LogP contribution in [0.15, 0.2) is 42.5 Å². The van der Waals surface area contributed by atoms with E-state index in [1.807, 2.05) is 19.0 Å². The van der Waals surface area contributed by atoms with E-state index in [1.165, 1.54) is 25.3 Å². The molecule has 0 atom stereocenters. The molecular weight excluding hydrogens is 354 g/mol. The zero-order valence-corrected chi connectivity index (χ0v) is 15.1. The average Bonchev–Trinajstić information content (AvgIpc) is 2.66. The van der Waals surface area contributed by atoms with Crippen LogP contribution in [-0.2, 0) is 9.53 Å². The van der Waals surface area contributed by atoms with Crippen molar-refractivity contribution >= 4 is 28.9 Å². The minimum Gasteiger partial charge on any atom is -0.496 e. The van der Waals surface area contributed by atoms with Crippen molar-refractivity contribution < 1.29 is 24.0 Å². The fourth-order valence-electron chi connectivity index (χ4n) is 2.19. The number of anilines is 2. The van der Waals surface area contributed by atoms with E-state index in [2.05, 4.69) is 5.32 Å². The Morgan fingerprint density at radius 1 is 1.15 bits per heavy atom. The highest BCUT2D eigenvalue weighted by atomic mass is 16.6. The van der Waals surface area contributed by atoms with E-state index in [0.717, 1.165) is 5.69 Å². The number of esters is 1. The predicted octanol–water partition coefficient (Wildman–Crippen LogP) is 2.46. The number of amides is 1. The minimum atomic E-state index is -0.693. The zero-order valence-electron chi connectivity index (χ0n) is 15.1. The smallest absolute Gasteiger partial charge is 0.338 e. The maximum Gasteiger partial charge on any atom is 0.338 e. The van der Waals surface area contributed by atoms with Gasteiger partial charge in [0.1, 0.15) is 11.4 Å². The second kappa shape index (κ2) is 8.65. The van der Waals surface area contributed by atoms with Crippen molar-refractivity contribution in [3.63, 3.8) is 0 Å². The molecule has 0 saturated carbocycles. The maximum absolute atomic E-state index is 12.0. The summed E-state index contributed by atoms with van der Waals surface area (Å²) in [5.41, 5.74) is 0.866. The number of nitrogens with zero attached hydrogens (tertiary/aromatic N) is 2. The van der Waals surface area contributed by atoms with Crippen molar-refractivity contribution in [2.75, 3.05) is 38.0 Å². The number of nitro benzene ring substituents is 1. The van der Waals surface area contributed by atoms with Gasteiger partial charge in [0.05, 0.1) is 23.7 Å². The van der Waals surface area contributed by atoms with E-state index in [-0.39, 0.29) is 17.1 Å². The van der Waals surface area contributed by atoms with Crippen molar-refractivity contribution in [2.24, 2.45) is 0 Å². The van der Waals surface area contributed by atoms with Crippen LogP contribution >= 0.6 is 0 Å². The molecule has 2 aromatic carbocycles. The molecule has 0 heterocycles. The molecule has 9 heteroatoms. The first kappa shape index (κ1) is 19.7. The number of nitro groups is 1. The van der Waals surface area contributed by atoms with E-state index < -0.39 is 23.4 Å². The highest BCUT2D eigenvalue weighted by Gasteiger charge is 2.18. The lowest BCUT2D eigenvalue weighted by Crippen LogP contribution is -2.21. The van der Waals surface area contributed by atoms with Crippen LogP contribution in [0, 0.1) is 10.1 Å². The van der Waals surface area contributed by atoms with Gasteiger partial charge in [0.2, 0.25) is 0 Å². The molecule has 142 valence electrons. The van der Waals surface area contributed by atoms with Gasteiger partial charge < -0.3 is 19.7 Å². The van der Waals surface area contributed by atoms with Crippen LogP contribution in [0.4, 0.5) is 17.1 Å². The average molecular weight is 373 g/mol.